The fourth-order valence-electron chi connectivity index (χ4n) is 3.76. The first-order valence-electron chi connectivity index (χ1n) is 10.2. The average Bonchev–Trinajstić information content (AvgIpc) is 3.29. The summed E-state index contributed by atoms with van der Waals surface area (Å²) in [7, 11) is -4.38. The molecule has 4 heterocycles. The zero-order valence-electron chi connectivity index (χ0n) is 17.8. The fourth-order valence-corrected chi connectivity index (χ4v) is 4.29. The van der Waals surface area contributed by atoms with Gasteiger partial charge in [-0.2, -0.15) is 0 Å². The third-order valence-corrected chi connectivity index (χ3v) is 6.10. The number of aliphatic hydroxyl groups excluding tert-OH is 2. The van der Waals surface area contributed by atoms with Crippen LogP contribution in [0.3, 0.4) is 0 Å². The minimum atomic E-state index is -4.38. The molecule has 1 aliphatic heterocycles. The van der Waals surface area contributed by atoms with Gasteiger partial charge in [-0.25, -0.2) is 9.37 Å². The van der Waals surface area contributed by atoms with Gasteiger partial charge in [-0.3, -0.25) is 9.55 Å². The smallest absolute Gasteiger partial charge is 0.350 e. The van der Waals surface area contributed by atoms with E-state index in [-0.39, 0.29) is 17.8 Å². The summed E-state index contributed by atoms with van der Waals surface area (Å²) in [6.45, 7) is 1.50. The van der Waals surface area contributed by atoms with Gasteiger partial charge in [0.25, 0.3) is 0 Å². The third kappa shape index (κ3) is 5.40. The van der Waals surface area contributed by atoms with Gasteiger partial charge >= 0.3 is 7.60 Å². The second-order valence-corrected chi connectivity index (χ2v) is 9.90. The Balaban J connectivity index is 1.56. The maximum Gasteiger partial charge on any atom is 0.350 e. The number of pyridine rings is 2. The molecular formula is C20H23ClFN4O7P. The molecule has 1 saturated heterocycles. The first kappa shape index (κ1) is 25.0. The van der Waals surface area contributed by atoms with Crippen molar-refractivity contribution in [1.29, 1.82) is 0 Å². The Kier molecular flexibility index (Phi) is 7.22. The Labute approximate surface area is 198 Å². The number of hydrogen-bond acceptors (Lipinski definition) is 8. The molecule has 0 spiro atoms. The molecule has 0 bridgehead atoms. The van der Waals surface area contributed by atoms with Crippen molar-refractivity contribution in [3.05, 3.63) is 53.3 Å². The van der Waals surface area contributed by atoms with E-state index in [4.69, 9.17) is 30.9 Å². The highest BCUT2D eigenvalue weighted by molar-refractivity contribution is 7.51. The Morgan fingerprint density at radius 2 is 2.09 bits per heavy atom. The van der Waals surface area contributed by atoms with Crippen LogP contribution in [0, 0.1) is 5.82 Å². The van der Waals surface area contributed by atoms with E-state index in [1.807, 2.05) is 6.92 Å². The molecule has 1 aliphatic rings. The van der Waals surface area contributed by atoms with Crippen molar-refractivity contribution in [2.45, 2.75) is 37.5 Å². The molecule has 14 heteroatoms. The van der Waals surface area contributed by atoms with Gasteiger partial charge in [0.2, 0.25) is 0 Å². The molecule has 0 amide bonds. The summed E-state index contributed by atoms with van der Waals surface area (Å²) in [4.78, 5) is 26.2. The predicted molar refractivity (Wildman–Crippen MR) is 120 cm³/mol. The summed E-state index contributed by atoms with van der Waals surface area (Å²) in [5, 5.41) is 24.9. The van der Waals surface area contributed by atoms with Gasteiger partial charge in [-0.1, -0.05) is 11.6 Å². The lowest BCUT2D eigenvalue weighted by Gasteiger charge is -2.19. The van der Waals surface area contributed by atoms with E-state index in [9.17, 15) is 19.2 Å². The van der Waals surface area contributed by atoms with Crippen LogP contribution in [0.15, 0.2) is 36.7 Å². The van der Waals surface area contributed by atoms with E-state index >= 15 is 0 Å². The molecule has 1 fully saturated rings. The Hall–Kier alpha value is -2.15. The Morgan fingerprint density at radius 1 is 1.32 bits per heavy atom. The van der Waals surface area contributed by atoms with Gasteiger partial charge in [0, 0.05) is 17.6 Å². The third-order valence-electron chi connectivity index (χ3n) is 5.39. The summed E-state index contributed by atoms with van der Waals surface area (Å²) >= 11 is 6.24. The van der Waals surface area contributed by atoms with Gasteiger partial charge in [-0.15, -0.1) is 0 Å². The van der Waals surface area contributed by atoms with E-state index in [0.717, 1.165) is 6.20 Å². The standard InChI is InChI=1S/C20H23ClFN4O7P/c1-10(13-3-2-11(22)7-23-13)24-19-12-4-5-26(14(12)6-16(21)25-19)20-18(28)17(27)15(33-20)8-32-9-34(29,30)31/h2-7,10,15,17-18,20,27-28H,8-9H2,1H3,(H,24,25)(H2,29,30,31)/t10-,15-,17-,18-,20-/m1/s1. The zero-order chi connectivity index (χ0) is 24.6. The molecule has 0 aromatic carbocycles. The van der Waals surface area contributed by atoms with Gasteiger partial charge in [-0.05, 0) is 25.1 Å². The second kappa shape index (κ2) is 9.84. The quantitative estimate of drug-likeness (QED) is 0.222. The number of fused-ring (bicyclic) bond motifs is 1. The van der Waals surface area contributed by atoms with Crippen LogP contribution in [-0.4, -0.2) is 65.8 Å². The molecule has 34 heavy (non-hydrogen) atoms. The highest BCUT2D eigenvalue weighted by Gasteiger charge is 2.44. The summed E-state index contributed by atoms with van der Waals surface area (Å²) in [5.74, 6) is -0.0199. The van der Waals surface area contributed by atoms with Crippen LogP contribution in [0.4, 0.5) is 10.2 Å². The molecule has 0 radical (unpaired) electrons. The minimum absolute atomic E-state index is 0.156. The monoisotopic (exact) mass is 516 g/mol. The number of nitrogens with one attached hydrogen (secondary N) is 1. The second-order valence-electron chi connectivity index (χ2n) is 7.93. The largest absolute Gasteiger partial charge is 0.387 e. The number of aliphatic hydroxyl groups is 2. The molecule has 0 aliphatic carbocycles. The SMILES string of the molecule is C[C@@H](Nc1nc(Cl)cc2c1ccn2[C@@H]1O[C@H](COCP(=O)(O)O)[C@@H](O)[C@H]1O)c1ccc(F)cn1. The molecule has 3 aromatic rings. The summed E-state index contributed by atoms with van der Waals surface area (Å²) in [6.07, 6.45) is -2.79. The van der Waals surface area contributed by atoms with E-state index in [0.29, 0.717) is 22.4 Å². The fraction of sp³-hybridized carbons (Fsp3) is 0.400. The first-order chi connectivity index (χ1) is 16.0. The van der Waals surface area contributed by atoms with Gasteiger partial charge in [0.1, 0.15) is 41.4 Å². The van der Waals surface area contributed by atoms with E-state index in [1.165, 1.54) is 6.07 Å². The Morgan fingerprint density at radius 3 is 2.76 bits per heavy atom. The van der Waals surface area contributed by atoms with E-state index in [1.54, 1.807) is 29.0 Å². The zero-order valence-corrected chi connectivity index (χ0v) is 19.5. The van der Waals surface area contributed by atoms with Crippen LogP contribution in [-0.2, 0) is 14.0 Å². The molecule has 3 aromatic heterocycles. The number of ether oxygens (including phenoxy) is 2. The van der Waals surface area contributed by atoms with Crippen molar-refractivity contribution in [1.82, 2.24) is 14.5 Å². The molecule has 0 saturated carbocycles. The van der Waals surface area contributed by atoms with Crippen LogP contribution in [0.25, 0.3) is 10.9 Å². The number of rotatable bonds is 8. The molecule has 11 nitrogen and oxygen atoms in total. The Bertz CT molecular complexity index is 1210. The molecule has 5 atom stereocenters. The normalized spacial score (nSPS) is 24.0. The van der Waals surface area contributed by atoms with Crippen molar-refractivity contribution in [3.8, 4) is 0 Å². The van der Waals surface area contributed by atoms with Crippen LogP contribution >= 0.6 is 19.2 Å². The van der Waals surface area contributed by atoms with Gasteiger partial charge in [0.05, 0.1) is 30.1 Å². The van der Waals surface area contributed by atoms with Crippen molar-refractivity contribution >= 4 is 35.9 Å². The molecule has 184 valence electrons. The van der Waals surface area contributed by atoms with E-state index in [2.05, 4.69) is 15.3 Å². The van der Waals surface area contributed by atoms with Crippen LogP contribution < -0.4 is 5.32 Å². The van der Waals surface area contributed by atoms with Crippen molar-refractivity contribution < 1.29 is 38.4 Å². The van der Waals surface area contributed by atoms with Crippen LogP contribution in [0.2, 0.25) is 5.15 Å². The van der Waals surface area contributed by atoms with Gasteiger partial charge in [0.15, 0.2) is 6.23 Å². The van der Waals surface area contributed by atoms with Crippen LogP contribution in [0.1, 0.15) is 24.9 Å². The number of aromatic nitrogens is 3. The van der Waals surface area contributed by atoms with Crippen LogP contribution in [0.5, 0.6) is 0 Å². The van der Waals surface area contributed by atoms with Gasteiger partial charge < -0.3 is 39.4 Å². The number of anilines is 1. The van der Waals surface area contributed by atoms with Crippen molar-refractivity contribution in [2.75, 3.05) is 18.3 Å². The lowest BCUT2D eigenvalue weighted by Crippen LogP contribution is -2.33. The average molecular weight is 517 g/mol. The summed E-state index contributed by atoms with van der Waals surface area (Å²) in [6, 6.07) is 5.83. The number of halogens is 2. The first-order valence-corrected chi connectivity index (χ1v) is 12.4. The molecular weight excluding hydrogens is 494 g/mol. The molecule has 5 N–H and O–H groups in total. The maximum absolute atomic E-state index is 13.2. The molecule has 0 unspecified atom stereocenters. The lowest BCUT2D eigenvalue weighted by atomic mass is 10.1. The highest BCUT2D eigenvalue weighted by Crippen LogP contribution is 2.37. The highest BCUT2D eigenvalue weighted by atomic mass is 35.5. The predicted octanol–water partition coefficient (Wildman–Crippen LogP) is 2.17. The minimum Gasteiger partial charge on any atom is -0.387 e. The number of hydrogen-bond donors (Lipinski definition) is 5. The maximum atomic E-state index is 13.2. The topological polar surface area (TPSA) is 159 Å². The lowest BCUT2D eigenvalue weighted by molar-refractivity contribution is -0.0609. The summed E-state index contributed by atoms with van der Waals surface area (Å²) < 4.78 is 36.4. The van der Waals surface area contributed by atoms with Crippen molar-refractivity contribution in [2.24, 2.45) is 0 Å². The molecule has 4 rings (SSSR count). The summed E-state index contributed by atoms with van der Waals surface area (Å²) in [5.41, 5.74) is 1.14. The van der Waals surface area contributed by atoms with E-state index < -0.39 is 44.3 Å². The van der Waals surface area contributed by atoms with Crippen molar-refractivity contribution in [3.63, 3.8) is 0 Å². The number of nitrogens with zero attached hydrogens (tertiary/aromatic N) is 3.